The highest BCUT2D eigenvalue weighted by Crippen LogP contribution is 2.22. The van der Waals surface area contributed by atoms with Crippen LogP contribution in [0.1, 0.15) is 21.7 Å². The number of benzene rings is 1. The fraction of sp³-hybridized carbons (Fsp3) is 0.125. The molecule has 0 fully saturated rings. The van der Waals surface area contributed by atoms with Crippen LogP contribution in [0, 0.1) is 13.8 Å². The molecular formula is C16H13Cl2N3O. The van der Waals surface area contributed by atoms with Gasteiger partial charge in [0.1, 0.15) is 11.3 Å². The van der Waals surface area contributed by atoms with E-state index in [2.05, 4.69) is 10.3 Å². The van der Waals surface area contributed by atoms with Gasteiger partial charge in [0.05, 0.1) is 10.7 Å². The molecule has 1 amide bonds. The molecule has 1 aromatic carbocycles. The van der Waals surface area contributed by atoms with Gasteiger partial charge in [0.15, 0.2) is 0 Å². The van der Waals surface area contributed by atoms with Gasteiger partial charge < -0.3 is 5.32 Å². The van der Waals surface area contributed by atoms with E-state index in [1.165, 1.54) is 0 Å². The van der Waals surface area contributed by atoms with Crippen molar-refractivity contribution in [2.45, 2.75) is 13.8 Å². The summed E-state index contributed by atoms with van der Waals surface area (Å²) in [6, 6.07) is 8.84. The number of hydrogen-bond acceptors (Lipinski definition) is 2. The van der Waals surface area contributed by atoms with E-state index < -0.39 is 0 Å². The third kappa shape index (κ3) is 2.67. The Morgan fingerprint density at radius 3 is 2.59 bits per heavy atom. The lowest BCUT2D eigenvalue weighted by Crippen LogP contribution is -2.16. The molecule has 112 valence electrons. The van der Waals surface area contributed by atoms with E-state index in [-0.39, 0.29) is 5.91 Å². The smallest absolute Gasteiger partial charge is 0.274 e. The second-order valence-corrected chi connectivity index (χ2v) is 5.91. The Labute approximate surface area is 137 Å². The quantitative estimate of drug-likeness (QED) is 0.749. The number of aryl methyl sites for hydroxylation is 2. The van der Waals surface area contributed by atoms with Crippen molar-refractivity contribution < 1.29 is 4.79 Å². The van der Waals surface area contributed by atoms with E-state index in [1.54, 1.807) is 47.9 Å². The summed E-state index contributed by atoms with van der Waals surface area (Å²) in [5.41, 5.74) is 3.40. The highest BCUT2D eigenvalue weighted by atomic mass is 35.5. The molecule has 4 nitrogen and oxygen atoms in total. The SMILES string of the molecule is Cc1cc(Cl)ccc1NC(=O)c1c(C)nc2ccc(Cl)cn12. The molecule has 0 saturated carbocycles. The monoisotopic (exact) mass is 333 g/mol. The van der Waals surface area contributed by atoms with Gasteiger partial charge in [-0.2, -0.15) is 0 Å². The maximum absolute atomic E-state index is 12.6. The number of imidazole rings is 1. The van der Waals surface area contributed by atoms with Crippen LogP contribution in [0.15, 0.2) is 36.5 Å². The van der Waals surface area contributed by atoms with Crippen molar-refractivity contribution in [2.24, 2.45) is 0 Å². The summed E-state index contributed by atoms with van der Waals surface area (Å²) >= 11 is 11.9. The molecule has 22 heavy (non-hydrogen) atoms. The molecule has 1 N–H and O–H groups in total. The number of nitrogens with one attached hydrogen (secondary N) is 1. The number of pyridine rings is 1. The van der Waals surface area contributed by atoms with Crippen LogP contribution in [-0.4, -0.2) is 15.3 Å². The second kappa shape index (κ2) is 5.63. The standard InChI is InChI=1S/C16H13Cl2N3O/c1-9-7-11(17)3-5-13(9)20-16(22)15-10(2)19-14-6-4-12(18)8-21(14)15/h3-8H,1-2H3,(H,20,22). The predicted octanol–water partition coefficient (Wildman–Crippen LogP) is 4.51. The molecule has 3 rings (SSSR count). The van der Waals surface area contributed by atoms with Gasteiger partial charge in [0, 0.05) is 16.9 Å². The lowest BCUT2D eigenvalue weighted by molar-refractivity contribution is 0.102. The minimum Gasteiger partial charge on any atom is -0.320 e. The molecule has 0 aliphatic rings. The van der Waals surface area contributed by atoms with E-state index in [0.29, 0.717) is 32.8 Å². The fourth-order valence-corrected chi connectivity index (χ4v) is 2.75. The molecule has 0 unspecified atom stereocenters. The van der Waals surface area contributed by atoms with Gasteiger partial charge in [-0.15, -0.1) is 0 Å². The third-order valence-electron chi connectivity index (χ3n) is 3.41. The van der Waals surface area contributed by atoms with Crippen LogP contribution in [-0.2, 0) is 0 Å². The van der Waals surface area contributed by atoms with Crippen molar-refractivity contribution in [3.05, 3.63) is 63.5 Å². The van der Waals surface area contributed by atoms with E-state index in [0.717, 1.165) is 5.56 Å². The van der Waals surface area contributed by atoms with Crippen molar-refractivity contribution >= 4 is 40.4 Å². The van der Waals surface area contributed by atoms with Gasteiger partial charge in [-0.3, -0.25) is 9.20 Å². The number of amides is 1. The Bertz CT molecular complexity index is 886. The van der Waals surface area contributed by atoms with Gasteiger partial charge in [0.25, 0.3) is 5.91 Å². The Morgan fingerprint density at radius 2 is 1.86 bits per heavy atom. The molecular weight excluding hydrogens is 321 g/mol. The van der Waals surface area contributed by atoms with Crippen molar-refractivity contribution in [3.8, 4) is 0 Å². The first-order chi connectivity index (χ1) is 10.5. The molecule has 6 heteroatoms. The Morgan fingerprint density at radius 1 is 1.14 bits per heavy atom. The molecule has 0 spiro atoms. The van der Waals surface area contributed by atoms with Crippen LogP contribution in [0.4, 0.5) is 5.69 Å². The van der Waals surface area contributed by atoms with E-state index in [1.807, 2.05) is 6.92 Å². The summed E-state index contributed by atoms with van der Waals surface area (Å²) in [4.78, 5) is 17.0. The molecule has 0 bridgehead atoms. The summed E-state index contributed by atoms with van der Waals surface area (Å²) in [6.45, 7) is 3.68. The Kier molecular flexibility index (Phi) is 3.81. The van der Waals surface area contributed by atoms with Crippen LogP contribution in [0.2, 0.25) is 10.0 Å². The van der Waals surface area contributed by atoms with Gasteiger partial charge in [-0.1, -0.05) is 23.2 Å². The zero-order valence-corrected chi connectivity index (χ0v) is 13.5. The molecule has 2 heterocycles. The summed E-state index contributed by atoms with van der Waals surface area (Å²) in [5, 5.41) is 4.07. The normalized spacial score (nSPS) is 10.9. The molecule has 2 aromatic heterocycles. The van der Waals surface area contributed by atoms with Crippen LogP contribution < -0.4 is 5.32 Å². The topological polar surface area (TPSA) is 46.4 Å². The van der Waals surface area contributed by atoms with Crippen LogP contribution >= 0.6 is 23.2 Å². The average molecular weight is 334 g/mol. The van der Waals surface area contributed by atoms with Gasteiger partial charge in [0.2, 0.25) is 0 Å². The van der Waals surface area contributed by atoms with Gasteiger partial charge in [-0.05, 0) is 49.7 Å². The van der Waals surface area contributed by atoms with E-state index in [4.69, 9.17) is 23.2 Å². The zero-order valence-electron chi connectivity index (χ0n) is 12.0. The van der Waals surface area contributed by atoms with Crippen molar-refractivity contribution in [3.63, 3.8) is 0 Å². The molecule has 0 saturated heterocycles. The summed E-state index contributed by atoms with van der Waals surface area (Å²) in [5.74, 6) is -0.238. The number of fused-ring (bicyclic) bond motifs is 1. The summed E-state index contributed by atoms with van der Waals surface area (Å²) in [6.07, 6.45) is 1.68. The lowest BCUT2D eigenvalue weighted by atomic mass is 10.2. The second-order valence-electron chi connectivity index (χ2n) is 5.03. The molecule has 3 aromatic rings. The number of anilines is 1. The minimum atomic E-state index is -0.238. The number of aromatic nitrogens is 2. The number of rotatable bonds is 2. The highest BCUT2D eigenvalue weighted by Gasteiger charge is 2.17. The Hall–Kier alpha value is -2.04. The molecule has 0 radical (unpaired) electrons. The van der Waals surface area contributed by atoms with Gasteiger partial charge in [-0.25, -0.2) is 4.98 Å². The minimum absolute atomic E-state index is 0.238. The van der Waals surface area contributed by atoms with Crippen LogP contribution in [0.25, 0.3) is 5.65 Å². The van der Waals surface area contributed by atoms with Gasteiger partial charge >= 0.3 is 0 Å². The first-order valence-electron chi connectivity index (χ1n) is 6.67. The van der Waals surface area contributed by atoms with Crippen molar-refractivity contribution in [1.29, 1.82) is 0 Å². The van der Waals surface area contributed by atoms with E-state index in [9.17, 15) is 4.79 Å². The number of nitrogens with zero attached hydrogens (tertiary/aromatic N) is 2. The van der Waals surface area contributed by atoms with Crippen LogP contribution in [0.3, 0.4) is 0 Å². The molecule has 0 aliphatic heterocycles. The maximum Gasteiger partial charge on any atom is 0.274 e. The first kappa shape index (κ1) is 14.9. The summed E-state index contributed by atoms with van der Waals surface area (Å²) < 4.78 is 1.69. The molecule has 0 atom stereocenters. The number of carbonyl (C=O) groups excluding carboxylic acids is 1. The number of halogens is 2. The van der Waals surface area contributed by atoms with Crippen molar-refractivity contribution in [1.82, 2.24) is 9.38 Å². The number of hydrogen-bond donors (Lipinski definition) is 1. The fourth-order valence-electron chi connectivity index (χ4n) is 2.36. The maximum atomic E-state index is 12.6. The Balaban J connectivity index is 2.02. The van der Waals surface area contributed by atoms with Crippen LogP contribution in [0.5, 0.6) is 0 Å². The summed E-state index contributed by atoms with van der Waals surface area (Å²) in [7, 11) is 0. The predicted molar refractivity (Wildman–Crippen MR) is 89.1 cm³/mol. The first-order valence-corrected chi connectivity index (χ1v) is 7.43. The third-order valence-corrected chi connectivity index (χ3v) is 3.87. The largest absolute Gasteiger partial charge is 0.320 e. The molecule has 0 aliphatic carbocycles. The zero-order chi connectivity index (χ0) is 15.9. The highest BCUT2D eigenvalue weighted by molar-refractivity contribution is 6.31. The van der Waals surface area contributed by atoms with E-state index >= 15 is 0 Å². The number of carbonyl (C=O) groups is 1. The van der Waals surface area contributed by atoms with Crippen molar-refractivity contribution in [2.75, 3.05) is 5.32 Å². The lowest BCUT2D eigenvalue weighted by Gasteiger charge is -2.09. The average Bonchev–Trinajstić information content (AvgIpc) is 2.77.